The number of amides is 1. The number of aromatic nitrogens is 3. The lowest BCUT2D eigenvalue weighted by atomic mass is 9.78. The molecule has 5 rings (SSSR count). The van der Waals surface area contributed by atoms with Crippen LogP contribution in [0.3, 0.4) is 0 Å². The maximum atomic E-state index is 12.7. The Labute approximate surface area is 180 Å². The van der Waals surface area contributed by atoms with Crippen molar-refractivity contribution in [1.29, 1.82) is 0 Å². The van der Waals surface area contributed by atoms with E-state index in [2.05, 4.69) is 47.1 Å². The van der Waals surface area contributed by atoms with Crippen molar-refractivity contribution >= 4 is 63.3 Å². The van der Waals surface area contributed by atoms with Gasteiger partial charge in [-0.05, 0) is 33.6 Å². The standard InChI is InChI=1S/C18H14BrIN4O2S/c19-14-5-21-16-15(22-14)13(6-24(16)27-20)11-1-3-12(4-2-11)17(25)23-7-18(8-23)9-26-10-18/h1-6H,7-10H2. The van der Waals surface area contributed by atoms with Crippen molar-refractivity contribution in [3.05, 3.63) is 46.8 Å². The van der Waals surface area contributed by atoms with Gasteiger partial charge < -0.3 is 9.64 Å². The van der Waals surface area contributed by atoms with E-state index in [-0.39, 0.29) is 11.3 Å². The van der Waals surface area contributed by atoms with Crippen LogP contribution in [0.1, 0.15) is 10.4 Å². The maximum Gasteiger partial charge on any atom is 0.253 e. The number of carbonyl (C=O) groups excluding carboxylic acids is 1. The molecule has 1 aromatic carbocycles. The van der Waals surface area contributed by atoms with E-state index in [1.165, 1.54) is 0 Å². The van der Waals surface area contributed by atoms with E-state index < -0.39 is 0 Å². The molecular weight excluding hydrogens is 543 g/mol. The van der Waals surface area contributed by atoms with E-state index in [0.717, 1.165) is 48.6 Å². The van der Waals surface area contributed by atoms with Gasteiger partial charge in [0.25, 0.3) is 5.91 Å². The first-order valence-electron chi connectivity index (χ1n) is 8.39. The largest absolute Gasteiger partial charge is 0.380 e. The zero-order chi connectivity index (χ0) is 18.6. The minimum absolute atomic E-state index is 0.0897. The van der Waals surface area contributed by atoms with Crippen molar-refractivity contribution in [1.82, 2.24) is 18.8 Å². The summed E-state index contributed by atoms with van der Waals surface area (Å²) in [7, 11) is 1.55. The summed E-state index contributed by atoms with van der Waals surface area (Å²) in [4.78, 5) is 23.6. The van der Waals surface area contributed by atoms with Crippen molar-refractivity contribution in [2.24, 2.45) is 5.41 Å². The van der Waals surface area contributed by atoms with Gasteiger partial charge in [0.15, 0.2) is 5.65 Å². The Morgan fingerprint density at radius 3 is 2.63 bits per heavy atom. The summed E-state index contributed by atoms with van der Waals surface area (Å²) in [5.74, 6) is 0.0897. The average molecular weight is 557 g/mol. The average Bonchev–Trinajstić information content (AvgIpc) is 2.97. The van der Waals surface area contributed by atoms with Crippen molar-refractivity contribution in [2.75, 3.05) is 26.3 Å². The number of halogens is 2. The lowest BCUT2D eigenvalue weighted by molar-refractivity contribution is -0.176. The second-order valence-corrected chi connectivity index (χ2v) is 9.56. The van der Waals surface area contributed by atoms with Crippen LogP contribution in [0.25, 0.3) is 22.3 Å². The van der Waals surface area contributed by atoms with Gasteiger partial charge in [0.1, 0.15) is 10.1 Å². The second-order valence-electron chi connectivity index (χ2n) is 7.03. The van der Waals surface area contributed by atoms with Crippen LogP contribution in [0.4, 0.5) is 0 Å². The molecule has 27 heavy (non-hydrogen) atoms. The lowest BCUT2D eigenvalue weighted by Crippen LogP contribution is -2.67. The highest BCUT2D eigenvalue weighted by molar-refractivity contribution is 14.2. The highest BCUT2D eigenvalue weighted by atomic mass is 127. The second kappa shape index (κ2) is 6.71. The molecule has 0 N–H and O–H groups in total. The molecule has 2 aromatic heterocycles. The summed E-state index contributed by atoms with van der Waals surface area (Å²) in [5, 5.41) is 0. The Hall–Kier alpha value is -1.17. The van der Waals surface area contributed by atoms with E-state index in [1.54, 1.807) is 15.3 Å². The van der Waals surface area contributed by atoms with Gasteiger partial charge in [-0.2, -0.15) is 0 Å². The lowest BCUT2D eigenvalue weighted by Gasteiger charge is -2.54. The zero-order valence-electron chi connectivity index (χ0n) is 14.1. The predicted molar refractivity (Wildman–Crippen MR) is 117 cm³/mol. The third kappa shape index (κ3) is 2.99. The fourth-order valence-corrected chi connectivity index (χ4v) is 5.19. The molecular formula is C18H14BrIN4O2S. The van der Waals surface area contributed by atoms with Crippen LogP contribution in [0, 0.1) is 5.41 Å². The molecule has 2 saturated heterocycles. The van der Waals surface area contributed by atoms with Crippen molar-refractivity contribution in [3.8, 4) is 11.1 Å². The molecule has 9 heteroatoms. The third-order valence-electron chi connectivity index (χ3n) is 5.11. The summed E-state index contributed by atoms with van der Waals surface area (Å²) in [6.07, 6.45) is 3.73. The van der Waals surface area contributed by atoms with Crippen LogP contribution in [-0.2, 0) is 4.74 Å². The van der Waals surface area contributed by atoms with E-state index in [9.17, 15) is 4.79 Å². The number of fused-ring (bicyclic) bond motifs is 1. The first-order chi connectivity index (χ1) is 13.1. The number of carbonyl (C=O) groups is 1. The fraction of sp³-hybridized carbons (Fsp3) is 0.278. The van der Waals surface area contributed by atoms with E-state index in [0.29, 0.717) is 10.2 Å². The van der Waals surface area contributed by atoms with Crippen molar-refractivity contribution < 1.29 is 9.53 Å². The number of hydrogen-bond donors (Lipinski definition) is 0. The quantitative estimate of drug-likeness (QED) is 0.453. The van der Waals surface area contributed by atoms with Crippen LogP contribution in [0.5, 0.6) is 0 Å². The van der Waals surface area contributed by atoms with Crippen molar-refractivity contribution in [3.63, 3.8) is 0 Å². The maximum absolute atomic E-state index is 12.7. The van der Waals surface area contributed by atoms with Gasteiger partial charge in [0, 0.05) is 60.7 Å². The molecule has 0 bridgehead atoms. The molecule has 0 unspecified atom stereocenters. The van der Waals surface area contributed by atoms with Gasteiger partial charge in [-0.1, -0.05) is 12.1 Å². The Bertz CT molecular complexity index is 1040. The summed E-state index contributed by atoms with van der Waals surface area (Å²) in [5.41, 5.74) is 4.62. The molecule has 0 atom stereocenters. The number of hydrogen-bond acceptors (Lipinski definition) is 5. The molecule has 2 aliphatic rings. The van der Waals surface area contributed by atoms with Gasteiger partial charge >= 0.3 is 0 Å². The Morgan fingerprint density at radius 1 is 1.26 bits per heavy atom. The van der Waals surface area contributed by atoms with E-state index in [1.807, 2.05) is 39.3 Å². The topological polar surface area (TPSA) is 60.2 Å². The predicted octanol–water partition coefficient (Wildman–Crippen LogP) is 4.18. The van der Waals surface area contributed by atoms with Crippen LogP contribution in [0.2, 0.25) is 0 Å². The first kappa shape index (κ1) is 17.9. The minimum atomic E-state index is 0.0897. The number of likely N-dealkylation sites (tertiary alicyclic amines) is 1. The molecule has 0 aliphatic carbocycles. The van der Waals surface area contributed by atoms with Gasteiger partial charge in [-0.25, -0.2) is 9.97 Å². The smallest absolute Gasteiger partial charge is 0.253 e. The molecule has 0 radical (unpaired) electrons. The van der Waals surface area contributed by atoms with E-state index >= 15 is 0 Å². The number of nitrogens with zero attached hydrogens (tertiary/aromatic N) is 4. The summed E-state index contributed by atoms with van der Waals surface area (Å²) >= 11 is 5.63. The molecule has 3 aromatic rings. The monoisotopic (exact) mass is 556 g/mol. The fourth-order valence-electron chi connectivity index (χ4n) is 3.66. The first-order valence-corrected chi connectivity index (χ1v) is 12.5. The SMILES string of the molecule is O=C(c1ccc(-c2cn(SI)c3ncc(Br)nc23)cc1)N1CC2(COC2)C1. The van der Waals surface area contributed by atoms with Crippen LogP contribution >= 0.6 is 46.3 Å². The Morgan fingerprint density at radius 2 is 2.00 bits per heavy atom. The summed E-state index contributed by atoms with van der Waals surface area (Å²) < 4.78 is 7.97. The summed E-state index contributed by atoms with van der Waals surface area (Å²) in [6, 6.07) is 7.75. The molecule has 2 aliphatic heterocycles. The van der Waals surface area contributed by atoms with Gasteiger partial charge in [0.05, 0.1) is 24.8 Å². The molecule has 1 spiro atoms. The molecule has 2 fully saturated rings. The zero-order valence-corrected chi connectivity index (χ0v) is 18.6. The number of benzene rings is 1. The van der Waals surface area contributed by atoms with Crippen LogP contribution < -0.4 is 0 Å². The molecule has 0 saturated carbocycles. The molecule has 1 amide bonds. The summed E-state index contributed by atoms with van der Waals surface area (Å²) in [6.45, 7) is 3.17. The van der Waals surface area contributed by atoms with Crippen LogP contribution in [0.15, 0.2) is 41.3 Å². The van der Waals surface area contributed by atoms with Crippen molar-refractivity contribution in [2.45, 2.75) is 0 Å². The van der Waals surface area contributed by atoms with Gasteiger partial charge in [-0.15, -0.1) is 0 Å². The normalized spacial score (nSPS) is 17.8. The van der Waals surface area contributed by atoms with Gasteiger partial charge in [0.2, 0.25) is 0 Å². The highest BCUT2D eigenvalue weighted by Gasteiger charge is 2.50. The third-order valence-corrected chi connectivity index (χ3v) is 7.19. The molecule has 138 valence electrons. The molecule has 4 heterocycles. The van der Waals surface area contributed by atoms with Crippen LogP contribution in [-0.4, -0.2) is 51.1 Å². The Kier molecular flexibility index (Phi) is 4.45. The van der Waals surface area contributed by atoms with Gasteiger partial charge in [-0.3, -0.25) is 8.77 Å². The highest BCUT2D eigenvalue weighted by Crippen LogP contribution is 2.38. The number of ether oxygens (including phenoxy) is 1. The minimum Gasteiger partial charge on any atom is -0.380 e. The molecule has 6 nitrogen and oxygen atoms in total. The van der Waals surface area contributed by atoms with E-state index in [4.69, 9.17) is 4.74 Å². The Balaban J connectivity index is 1.43. The number of rotatable bonds is 3.